The number of rotatable bonds is 8. The van der Waals surface area contributed by atoms with E-state index >= 15 is 0 Å². The van der Waals surface area contributed by atoms with E-state index in [4.69, 9.17) is 4.74 Å². The number of benzene rings is 3. The average Bonchev–Trinajstić information content (AvgIpc) is 3.63. The number of hydrogen-bond donors (Lipinski definition) is 0. The standard InChI is InChI=1S/C32H29F3N6O4S/c1-19(2)26-14-13-25(44-4)16-27(26)41-28(42)17-46-31(41)38-30(43)37-20(3)15-21-5-7-22(8-6-21)29-36-18-40(39-29)23-9-11-24(12-10-23)45-32(33,34)35/h5-14,16,18-19H,15,17H2,1-4H3. The lowest BCUT2D eigenvalue weighted by Gasteiger charge is -2.22. The zero-order valence-electron chi connectivity index (χ0n) is 25.3. The van der Waals surface area contributed by atoms with Crippen LogP contribution in [0.5, 0.6) is 11.5 Å². The van der Waals surface area contributed by atoms with Gasteiger partial charge in [0, 0.05) is 23.8 Å². The van der Waals surface area contributed by atoms with Gasteiger partial charge in [0.25, 0.3) is 0 Å². The summed E-state index contributed by atoms with van der Waals surface area (Å²) in [5.41, 5.74) is 4.21. The number of amides is 3. The van der Waals surface area contributed by atoms with Gasteiger partial charge in [-0.1, -0.05) is 55.9 Å². The van der Waals surface area contributed by atoms with E-state index < -0.39 is 12.4 Å². The van der Waals surface area contributed by atoms with E-state index in [0.29, 0.717) is 35.1 Å². The molecular formula is C32H29F3N6O4S. The Morgan fingerprint density at radius 3 is 2.39 bits per heavy atom. The molecule has 4 aromatic rings. The Morgan fingerprint density at radius 1 is 1.04 bits per heavy atom. The van der Waals surface area contributed by atoms with E-state index in [1.807, 2.05) is 50.2 Å². The zero-order chi connectivity index (χ0) is 33.0. The fraction of sp³-hybridized carbons (Fsp3) is 0.250. The van der Waals surface area contributed by atoms with E-state index in [0.717, 1.165) is 16.7 Å². The highest BCUT2D eigenvalue weighted by molar-refractivity contribution is 8.15. The van der Waals surface area contributed by atoms with Crippen molar-refractivity contribution in [2.45, 2.75) is 39.5 Å². The minimum absolute atomic E-state index is 0.122. The number of methoxy groups -OCH3 is 1. The normalized spacial score (nSPS) is 14.8. The van der Waals surface area contributed by atoms with Crippen LogP contribution in [0.25, 0.3) is 17.1 Å². The predicted molar refractivity (Wildman–Crippen MR) is 170 cm³/mol. The van der Waals surface area contributed by atoms with E-state index in [9.17, 15) is 22.8 Å². The number of carbonyl (C=O) groups excluding carboxylic acids is 2. The highest BCUT2D eigenvalue weighted by Gasteiger charge is 2.33. The number of ether oxygens (including phenoxy) is 2. The molecule has 1 saturated heterocycles. The maximum Gasteiger partial charge on any atom is 0.573 e. The molecule has 10 nitrogen and oxygen atoms in total. The number of alkyl halides is 3. The number of urea groups is 1. The topological polar surface area (TPSA) is 111 Å². The van der Waals surface area contributed by atoms with Gasteiger partial charge in [0.15, 0.2) is 11.0 Å². The minimum atomic E-state index is -4.77. The van der Waals surface area contributed by atoms with Crippen molar-refractivity contribution in [3.63, 3.8) is 0 Å². The van der Waals surface area contributed by atoms with Crippen LogP contribution in [0.4, 0.5) is 23.7 Å². The van der Waals surface area contributed by atoms with Gasteiger partial charge in [-0.3, -0.25) is 9.69 Å². The molecule has 0 radical (unpaired) electrons. The second-order valence-corrected chi connectivity index (χ2v) is 11.5. The van der Waals surface area contributed by atoms with Crippen LogP contribution in [0.15, 0.2) is 83.0 Å². The van der Waals surface area contributed by atoms with Gasteiger partial charge in [0.05, 0.1) is 24.2 Å². The van der Waals surface area contributed by atoms with Gasteiger partial charge >= 0.3 is 12.4 Å². The van der Waals surface area contributed by atoms with Crippen LogP contribution >= 0.6 is 11.8 Å². The molecule has 0 spiro atoms. The second kappa shape index (κ2) is 13.6. The largest absolute Gasteiger partial charge is 0.573 e. The monoisotopic (exact) mass is 650 g/mol. The molecule has 1 aromatic heterocycles. The van der Waals surface area contributed by atoms with E-state index in [2.05, 4.69) is 24.8 Å². The molecule has 2 heterocycles. The molecule has 3 amide bonds. The van der Waals surface area contributed by atoms with Crippen LogP contribution in [-0.2, 0) is 11.2 Å². The van der Waals surface area contributed by atoms with Crippen molar-refractivity contribution >= 4 is 40.3 Å². The van der Waals surface area contributed by atoms with Gasteiger partial charge in [-0.05, 0) is 54.3 Å². The molecule has 3 aromatic carbocycles. The van der Waals surface area contributed by atoms with E-state index in [1.165, 1.54) is 51.9 Å². The number of halogens is 3. The number of aromatic nitrogens is 3. The molecule has 0 atom stereocenters. The molecule has 46 heavy (non-hydrogen) atoms. The van der Waals surface area contributed by atoms with Crippen LogP contribution in [0, 0.1) is 0 Å². The summed E-state index contributed by atoms with van der Waals surface area (Å²) in [6.45, 7) is 5.77. The third-order valence-corrected chi connectivity index (χ3v) is 7.77. The van der Waals surface area contributed by atoms with Crippen LogP contribution in [0.3, 0.4) is 0 Å². The summed E-state index contributed by atoms with van der Waals surface area (Å²) in [6.07, 6.45) is -2.92. The van der Waals surface area contributed by atoms with Crippen molar-refractivity contribution in [1.82, 2.24) is 14.8 Å². The van der Waals surface area contributed by atoms with Crippen molar-refractivity contribution < 1.29 is 32.2 Å². The lowest BCUT2D eigenvalue weighted by molar-refractivity contribution is -0.274. The molecule has 14 heteroatoms. The average molecular weight is 651 g/mol. The molecule has 238 valence electrons. The van der Waals surface area contributed by atoms with Crippen LogP contribution in [-0.4, -0.2) is 56.8 Å². The first-order valence-electron chi connectivity index (χ1n) is 14.1. The van der Waals surface area contributed by atoms with Gasteiger partial charge in [0.1, 0.15) is 17.8 Å². The Morgan fingerprint density at radius 2 is 1.74 bits per heavy atom. The molecule has 0 saturated carbocycles. The maximum atomic E-state index is 12.8. The molecule has 0 bridgehead atoms. The molecule has 1 aliphatic rings. The summed E-state index contributed by atoms with van der Waals surface area (Å²) < 4.78 is 48.0. The van der Waals surface area contributed by atoms with Gasteiger partial charge in [-0.2, -0.15) is 4.99 Å². The molecule has 0 N–H and O–H groups in total. The van der Waals surface area contributed by atoms with Crippen molar-refractivity contribution in [3.8, 4) is 28.6 Å². The Bertz CT molecular complexity index is 1800. The summed E-state index contributed by atoms with van der Waals surface area (Å²) in [5, 5.41) is 4.68. The molecule has 1 fully saturated rings. The fourth-order valence-electron chi connectivity index (χ4n) is 4.71. The number of nitrogens with zero attached hydrogens (tertiary/aromatic N) is 6. The summed E-state index contributed by atoms with van der Waals surface area (Å²) in [6, 6.07) is 17.4. The fourth-order valence-corrected chi connectivity index (χ4v) is 5.56. The Kier molecular flexibility index (Phi) is 9.56. The van der Waals surface area contributed by atoms with Gasteiger partial charge < -0.3 is 9.47 Å². The number of amidine groups is 1. The molecule has 0 aliphatic carbocycles. The van der Waals surface area contributed by atoms with Crippen molar-refractivity contribution in [2.75, 3.05) is 17.8 Å². The van der Waals surface area contributed by atoms with E-state index in [1.54, 1.807) is 20.1 Å². The highest BCUT2D eigenvalue weighted by Crippen LogP contribution is 2.36. The summed E-state index contributed by atoms with van der Waals surface area (Å²) >= 11 is 1.18. The molecular weight excluding hydrogens is 621 g/mol. The summed E-state index contributed by atoms with van der Waals surface area (Å²) in [7, 11) is 1.55. The van der Waals surface area contributed by atoms with Gasteiger partial charge in [0.2, 0.25) is 5.91 Å². The number of aliphatic imine (C=N–C) groups is 2. The third-order valence-electron chi connectivity index (χ3n) is 6.84. The number of thioether (sulfide) groups is 1. The minimum Gasteiger partial charge on any atom is -0.497 e. The zero-order valence-corrected chi connectivity index (χ0v) is 26.1. The Balaban J connectivity index is 1.25. The molecule has 0 unspecified atom stereocenters. The van der Waals surface area contributed by atoms with E-state index in [-0.39, 0.29) is 28.5 Å². The van der Waals surface area contributed by atoms with Crippen molar-refractivity contribution in [2.24, 2.45) is 9.98 Å². The van der Waals surface area contributed by atoms with Gasteiger partial charge in [-0.25, -0.2) is 19.5 Å². The van der Waals surface area contributed by atoms with Crippen molar-refractivity contribution in [3.05, 3.63) is 84.2 Å². The third kappa shape index (κ3) is 7.80. The highest BCUT2D eigenvalue weighted by atomic mass is 32.2. The quantitative estimate of drug-likeness (QED) is 0.185. The SMILES string of the molecule is COc1ccc(C(C)C)c(N2C(=O)CSC2=NC(=O)N=C(C)Cc2ccc(-c3ncn(-c4ccc(OC(F)(F)F)cc4)n3)cc2)c1. The van der Waals surface area contributed by atoms with Crippen LogP contribution < -0.4 is 14.4 Å². The summed E-state index contributed by atoms with van der Waals surface area (Å²) in [5.74, 6) is 0.780. The molecule has 1 aliphatic heterocycles. The number of hydrogen-bond acceptors (Lipinski definition) is 7. The Hall–Kier alpha value is -4.98. The molecule has 5 rings (SSSR count). The number of carbonyl (C=O) groups is 2. The van der Waals surface area contributed by atoms with Crippen LogP contribution in [0.1, 0.15) is 37.8 Å². The van der Waals surface area contributed by atoms with Gasteiger partial charge in [-0.15, -0.1) is 18.3 Å². The predicted octanol–water partition coefficient (Wildman–Crippen LogP) is 7.22. The maximum absolute atomic E-state index is 12.8. The first-order chi connectivity index (χ1) is 21.9. The number of anilines is 1. The lowest BCUT2D eigenvalue weighted by Crippen LogP contribution is -2.30. The van der Waals surface area contributed by atoms with Crippen molar-refractivity contribution in [1.29, 1.82) is 0 Å². The smallest absolute Gasteiger partial charge is 0.497 e. The second-order valence-electron chi connectivity index (χ2n) is 10.5. The first-order valence-corrected chi connectivity index (χ1v) is 15.1. The Labute approximate surface area is 267 Å². The van der Waals surface area contributed by atoms with Crippen LogP contribution in [0.2, 0.25) is 0 Å². The first kappa shape index (κ1) is 32.4. The lowest BCUT2D eigenvalue weighted by atomic mass is 10.00. The summed E-state index contributed by atoms with van der Waals surface area (Å²) in [4.78, 5) is 39.7.